The summed E-state index contributed by atoms with van der Waals surface area (Å²) in [4.78, 5) is 12.8. The van der Waals surface area contributed by atoms with Crippen LogP contribution in [0.5, 0.6) is 5.75 Å². The third-order valence-electron chi connectivity index (χ3n) is 8.22. The molecular formula is C33H56O6Sn. The number of ether oxygens (including phenoxy) is 5. The number of rotatable bonds is 19. The molecule has 0 bridgehead atoms. The van der Waals surface area contributed by atoms with Crippen molar-refractivity contribution in [2.24, 2.45) is 0 Å². The molecule has 3 atom stereocenters. The predicted molar refractivity (Wildman–Crippen MR) is 165 cm³/mol. The molecule has 0 saturated carbocycles. The summed E-state index contributed by atoms with van der Waals surface area (Å²) in [5.74, 6) is -0.0102. The fraction of sp³-hybridized carbons (Fsp3) is 0.727. The van der Waals surface area contributed by atoms with Crippen LogP contribution < -0.4 is 4.74 Å². The van der Waals surface area contributed by atoms with Crippen LogP contribution in [-0.4, -0.2) is 62.7 Å². The van der Waals surface area contributed by atoms with Crippen molar-refractivity contribution in [1.82, 2.24) is 0 Å². The van der Waals surface area contributed by atoms with Crippen molar-refractivity contribution < 1.29 is 28.5 Å². The van der Waals surface area contributed by atoms with Crippen LogP contribution in [0.1, 0.15) is 98.5 Å². The van der Waals surface area contributed by atoms with E-state index in [1.165, 1.54) is 62.5 Å². The van der Waals surface area contributed by atoms with E-state index < -0.39 is 24.2 Å². The molecule has 1 fully saturated rings. The molecular weight excluding hydrogens is 611 g/mol. The Kier molecular flexibility index (Phi) is 15.6. The van der Waals surface area contributed by atoms with Gasteiger partial charge in [0.1, 0.15) is 0 Å². The SMILES string of the molecule is CCC[CH2][Sn]([CH2]CCC)([CH2]CCC)/[C](=C/C(=O)OC)CC(CC1OC(C)(C)OC1C)OCc1ccc(OC)cc1. The minimum absolute atomic E-state index is 0.0244. The number of carbonyl (C=O) groups is 1. The van der Waals surface area contributed by atoms with Crippen molar-refractivity contribution in [1.29, 1.82) is 0 Å². The second-order valence-electron chi connectivity index (χ2n) is 11.9. The van der Waals surface area contributed by atoms with Gasteiger partial charge < -0.3 is 0 Å². The Morgan fingerprint density at radius 2 is 1.55 bits per heavy atom. The molecule has 1 aromatic rings. The molecule has 0 spiro atoms. The minimum atomic E-state index is -2.94. The molecule has 0 aromatic heterocycles. The summed E-state index contributed by atoms with van der Waals surface area (Å²) in [6, 6.07) is 8.04. The van der Waals surface area contributed by atoms with Gasteiger partial charge in [-0.25, -0.2) is 0 Å². The Bertz CT molecular complexity index is 875. The van der Waals surface area contributed by atoms with Gasteiger partial charge in [-0.05, 0) is 0 Å². The zero-order valence-corrected chi connectivity index (χ0v) is 29.4. The van der Waals surface area contributed by atoms with E-state index in [0.29, 0.717) is 6.61 Å². The molecule has 0 radical (unpaired) electrons. The van der Waals surface area contributed by atoms with Gasteiger partial charge in [0.25, 0.3) is 0 Å². The molecule has 1 saturated heterocycles. The maximum atomic E-state index is 12.8. The van der Waals surface area contributed by atoms with Gasteiger partial charge in [0.05, 0.1) is 0 Å². The first-order valence-electron chi connectivity index (χ1n) is 15.5. The molecule has 40 heavy (non-hydrogen) atoms. The van der Waals surface area contributed by atoms with E-state index in [4.69, 9.17) is 23.7 Å². The van der Waals surface area contributed by atoms with Crippen LogP contribution in [0.4, 0.5) is 0 Å². The number of hydrogen-bond donors (Lipinski definition) is 0. The monoisotopic (exact) mass is 668 g/mol. The first kappa shape index (κ1) is 35.1. The Labute approximate surface area is 248 Å². The maximum absolute atomic E-state index is 12.8. The van der Waals surface area contributed by atoms with E-state index in [1.807, 2.05) is 32.1 Å². The third kappa shape index (κ3) is 11.3. The van der Waals surface area contributed by atoms with E-state index >= 15 is 0 Å². The molecule has 1 aliphatic heterocycles. The summed E-state index contributed by atoms with van der Waals surface area (Å²) in [6.45, 7) is 13.4. The van der Waals surface area contributed by atoms with Crippen molar-refractivity contribution in [3.8, 4) is 5.75 Å². The normalized spacial score (nSPS) is 19.9. The number of unbranched alkanes of at least 4 members (excludes halogenated alkanes) is 3. The van der Waals surface area contributed by atoms with E-state index in [1.54, 1.807) is 7.11 Å². The molecule has 1 aliphatic rings. The Morgan fingerprint density at radius 1 is 0.975 bits per heavy atom. The second-order valence-corrected chi connectivity index (χ2v) is 25.3. The van der Waals surface area contributed by atoms with Crippen molar-refractivity contribution in [2.75, 3.05) is 14.2 Å². The first-order valence-corrected chi connectivity index (χ1v) is 23.0. The van der Waals surface area contributed by atoms with E-state index in [2.05, 4.69) is 39.8 Å². The zero-order valence-electron chi connectivity index (χ0n) is 26.6. The Morgan fingerprint density at radius 3 is 2.00 bits per heavy atom. The molecule has 2 rings (SSSR count). The summed E-state index contributed by atoms with van der Waals surface area (Å²) in [5.41, 5.74) is 1.10. The summed E-state index contributed by atoms with van der Waals surface area (Å²) < 4.78 is 34.9. The Hall–Kier alpha value is -1.09. The molecule has 228 valence electrons. The van der Waals surface area contributed by atoms with Crippen LogP contribution in [-0.2, 0) is 30.3 Å². The molecule has 0 amide bonds. The molecule has 1 aromatic carbocycles. The van der Waals surface area contributed by atoms with Gasteiger partial charge in [0.15, 0.2) is 0 Å². The molecule has 3 unspecified atom stereocenters. The zero-order chi connectivity index (χ0) is 29.6. The van der Waals surface area contributed by atoms with Crippen LogP contribution in [0.2, 0.25) is 13.3 Å². The van der Waals surface area contributed by atoms with Gasteiger partial charge in [-0.15, -0.1) is 0 Å². The summed E-state index contributed by atoms with van der Waals surface area (Å²) in [6.07, 6.45) is 10.4. The van der Waals surface area contributed by atoms with Gasteiger partial charge in [-0.3, -0.25) is 0 Å². The molecule has 0 aliphatic carbocycles. The molecule has 0 N–H and O–H groups in total. The van der Waals surface area contributed by atoms with Crippen molar-refractivity contribution in [3.63, 3.8) is 0 Å². The predicted octanol–water partition coefficient (Wildman–Crippen LogP) is 8.39. The van der Waals surface area contributed by atoms with Crippen molar-refractivity contribution in [3.05, 3.63) is 39.5 Å². The van der Waals surface area contributed by atoms with Gasteiger partial charge in [0, 0.05) is 0 Å². The summed E-state index contributed by atoms with van der Waals surface area (Å²) in [5, 5.41) is 0. The molecule has 1 heterocycles. The van der Waals surface area contributed by atoms with Crippen LogP contribution in [0.25, 0.3) is 0 Å². The topological polar surface area (TPSA) is 63.2 Å². The summed E-state index contributed by atoms with van der Waals surface area (Å²) >= 11 is -2.94. The van der Waals surface area contributed by atoms with Gasteiger partial charge in [0.2, 0.25) is 0 Å². The van der Waals surface area contributed by atoms with Crippen LogP contribution >= 0.6 is 0 Å². The number of benzene rings is 1. The summed E-state index contributed by atoms with van der Waals surface area (Å²) in [7, 11) is 3.17. The Balaban J connectivity index is 2.44. The van der Waals surface area contributed by atoms with Crippen LogP contribution in [0, 0.1) is 0 Å². The fourth-order valence-electron chi connectivity index (χ4n) is 5.93. The average Bonchev–Trinajstić information content (AvgIpc) is 3.21. The van der Waals surface area contributed by atoms with Crippen LogP contribution in [0.15, 0.2) is 33.9 Å². The number of methoxy groups -OCH3 is 2. The van der Waals surface area contributed by atoms with Gasteiger partial charge in [-0.1, -0.05) is 0 Å². The van der Waals surface area contributed by atoms with E-state index in [0.717, 1.165) is 24.2 Å². The van der Waals surface area contributed by atoms with Crippen molar-refractivity contribution in [2.45, 2.75) is 137 Å². The first-order chi connectivity index (χ1) is 19.1. The number of esters is 1. The number of carbonyl (C=O) groups excluding carboxylic acids is 1. The van der Waals surface area contributed by atoms with Gasteiger partial charge in [-0.2, -0.15) is 0 Å². The second kappa shape index (κ2) is 17.8. The third-order valence-corrected chi connectivity index (χ3v) is 24.3. The van der Waals surface area contributed by atoms with Gasteiger partial charge >= 0.3 is 249 Å². The van der Waals surface area contributed by atoms with Crippen LogP contribution in [0.3, 0.4) is 0 Å². The molecule has 6 nitrogen and oxygen atoms in total. The molecule has 7 heteroatoms. The van der Waals surface area contributed by atoms with E-state index in [9.17, 15) is 4.79 Å². The number of hydrogen-bond acceptors (Lipinski definition) is 6. The van der Waals surface area contributed by atoms with E-state index in [-0.39, 0.29) is 24.3 Å². The fourth-order valence-corrected chi connectivity index (χ4v) is 22.7. The van der Waals surface area contributed by atoms with Crippen molar-refractivity contribution >= 4 is 24.3 Å². The standard InChI is InChI=1S/C21H29O6.3C4H9.Sn/c1-15-19(27-21(2,3)26-15)13-18(7-6-8-20(22)24-5)25-14-16-9-11-17(23-4)12-10-16;3*1-3-4-2;/h8-12,15,18-19H,7,13-14H2,1-5H3;3*1,3-4H2,2H3;. The quantitative estimate of drug-likeness (QED) is 0.0840. The average molecular weight is 668 g/mol.